The summed E-state index contributed by atoms with van der Waals surface area (Å²) in [5.74, 6) is 0.910. The van der Waals surface area contributed by atoms with Crippen molar-refractivity contribution < 1.29 is 14.3 Å². The minimum absolute atomic E-state index is 0.141. The van der Waals surface area contributed by atoms with Crippen LogP contribution in [0, 0.1) is 0 Å². The van der Waals surface area contributed by atoms with Crippen molar-refractivity contribution in [3.05, 3.63) is 77.6 Å². The smallest absolute Gasteiger partial charge is 0.253 e. The van der Waals surface area contributed by atoms with E-state index in [1.165, 1.54) is 11.8 Å². The lowest BCUT2D eigenvalue weighted by atomic mass is 10.2. The molecule has 0 aliphatic heterocycles. The summed E-state index contributed by atoms with van der Waals surface area (Å²) in [7, 11) is 1.58. The summed E-state index contributed by atoms with van der Waals surface area (Å²) in [4.78, 5) is 25.0. The monoisotopic (exact) mass is 485 g/mol. The number of allylic oxidation sites excluding steroid dienone is 1. The third kappa shape index (κ3) is 6.36. The van der Waals surface area contributed by atoms with Crippen LogP contribution in [0.15, 0.2) is 66.3 Å². The number of nitrogens with zero attached hydrogens (tertiary/aromatic N) is 3. The van der Waals surface area contributed by atoms with Crippen molar-refractivity contribution in [1.29, 1.82) is 0 Å². The van der Waals surface area contributed by atoms with E-state index in [9.17, 15) is 9.59 Å². The van der Waals surface area contributed by atoms with E-state index in [4.69, 9.17) is 16.3 Å². The Morgan fingerprint density at radius 3 is 2.61 bits per heavy atom. The highest BCUT2D eigenvalue weighted by atomic mass is 35.5. The Morgan fingerprint density at radius 2 is 1.94 bits per heavy atom. The van der Waals surface area contributed by atoms with Crippen LogP contribution in [-0.4, -0.2) is 39.4 Å². The van der Waals surface area contributed by atoms with Gasteiger partial charge in [0.05, 0.1) is 29.5 Å². The molecule has 0 unspecified atom stereocenters. The second kappa shape index (κ2) is 11.5. The lowest BCUT2D eigenvalue weighted by Crippen LogP contribution is -2.29. The summed E-state index contributed by atoms with van der Waals surface area (Å²) in [6.07, 6.45) is 1.71. The Balaban J connectivity index is 1.65. The molecule has 33 heavy (non-hydrogen) atoms. The molecular weight excluding hydrogens is 462 g/mol. The number of carbonyl (C=O) groups is 2. The average molecular weight is 486 g/mol. The van der Waals surface area contributed by atoms with E-state index in [2.05, 4.69) is 27.4 Å². The van der Waals surface area contributed by atoms with Gasteiger partial charge < -0.3 is 19.9 Å². The van der Waals surface area contributed by atoms with Crippen molar-refractivity contribution in [3.63, 3.8) is 0 Å². The van der Waals surface area contributed by atoms with Crippen LogP contribution in [0.2, 0.25) is 5.02 Å². The normalized spacial score (nSPS) is 11.5. The van der Waals surface area contributed by atoms with Crippen LogP contribution in [0.5, 0.6) is 5.75 Å². The number of anilines is 1. The van der Waals surface area contributed by atoms with Gasteiger partial charge in [-0.1, -0.05) is 41.6 Å². The third-order valence-corrected chi connectivity index (χ3v) is 5.91. The Labute approximate surface area is 201 Å². The Bertz CT molecular complexity index is 1130. The van der Waals surface area contributed by atoms with Gasteiger partial charge in [0, 0.05) is 12.2 Å². The summed E-state index contributed by atoms with van der Waals surface area (Å²) in [6.45, 7) is 6.02. The molecule has 10 heteroatoms. The standard InChI is InChI=1S/C23H24ClN5O3S/c1-4-13-29-21(15(2)25-22(31)18-7-5-6-8-19(18)24)27-28-23(29)33-14-20(30)26-16-9-11-17(32-3)12-10-16/h4-12,15H,1,13-14H2,2-3H3,(H,25,31)(H,26,30)/t15-/m0/s1. The predicted octanol–water partition coefficient (Wildman–Crippen LogP) is 4.35. The minimum Gasteiger partial charge on any atom is -0.497 e. The fourth-order valence-electron chi connectivity index (χ4n) is 3.01. The summed E-state index contributed by atoms with van der Waals surface area (Å²) in [5, 5.41) is 15.1. The molecule has 1 heterocycles. The van der Waals surface area contributed by atoms with Crippen molar-refractivity contribution in [2.24, 2.45) is 0 Å². The van der Waals surface area contributed by atoms with Crippen molar-refractivity contribution in [2.45, 2.75) is 24.7 Å². The SMILES string of the molecule is C=CCn1c(SCC(=O)Nc2ccc(OC)cc2)nnc1[C@H](C)NC(=O)c1ccccc1Cl. The average Bonchev–Trinajstić information content (AvgIpc) is 3.21. The molecule has 1 atom stereocenters. The van der Waals surface area contributed by atoms with Gasteiger partial charge in [0.2, 0.25) is 5.91 Å². The van der Waals surface area contributed by atoms with Gasteiger partial charge in [-0.3, -0.25) is 9.59 Å². The van der Waals surface area contributed by atoms with Crippen LogP contribution in [0.3, 0.4) is 0 Å². The first-order chi connectivity index (χ1) is 15.9. The Hall–Kier alpha value is -3.30. The molecule has 2 amide bonds. The molecular formula is C23H24ClN5O3S. The number of methoxy groups -OCH3 is 1. The van der Waals surface area contributed by atoms with E-state index in [1.807, 2.05) is 11.5 Å². The third-order valence-electron chi connectivity index (χ3n) is 4.62. The number of hydrogen-bond acceptors (Lipinski definition) is 6. The number of nitrogens with one attached hydrogen (secondary N) is 2. The maximum Gasteiger partial charge on any atom is 0.253 e. The summed E-state index contributed by atoms with van der Waals surface area (Å²) < 4.78 is 6.93. The van der Waals surface area contributed by atoms with Gasteiger partial charge in [0.15, 0.2) is 11.0 Å². The molecule has 0 radical (unpaired) electrons. The molecule has 3 rings (SSSR count). The lowest BCUT2D eigenvalue weighted by molar-refractivity contribution is -0.113. The summed E-state index contributed by atoms with van der Waals surface area (Å²) in [6, 6.07) is 13.5. The van der Waals surface area contributed by atoms with Crippen LogP contribution in [0.25, 0.3) is 0 Å². The minimum atomic E-state index is -0.441. The highest BCUT2D eigenvalue weighted by molar-refractivity contribution is 7.99. The number of amides is 2. The van der Waals surface area contributed by atoms with Gasteiger partial charge in [-0.2, -0.15) is 0 Å². The molecule has 0 saturated carbocycles. The van der Waals surface area contributed by atoms with E-state index < -0.39 is 6.04 Å². The van der Waals surface area contributed by atoms with Crippen LogP contribution in [0.4, 0.5) is 5.69 Å². The molecule has 2 aromatic carbocycles. The van der Waals surface area contributed by atoms with E-state index in [1.54, 1.807) is 61.7 Å². The quantitative estimate of drug-likeness (QED) is 0.327. The topological polar surface area (TPSA) is 98.1 Å². The van der Waals surface area contributed by atoms with Crippen LogP contribution in [0.1, 0.15) is 29.1 Å². The van der Waals surface area contributed by atoms with Gasteiger partial charge in [0.25, 0.3) is 5.91 Å². The Morgan fingerprint density at radius 1 is 1.21 bits per heavy atom. The molecule has 172 valence electrons. The van der Waals surface area contributed by atoms with Crippen molar-refractivity contribution in [1.82, 2.24) is 20.1 Å². The zero-order valence-corrected chi connectivity index (χ0v) is 19.8. The molecule has 0 aliphatic carbocycles. The maximum absolute atomic E-state index is 12.6. The molecule has 2 N–H and O–H groups in total. The number of hydrogen-bond donors (Lipinski definition) is 2. The molecule has 0 fully saturated rings. The van der Waals surface area contributed by atoms with Crippen LogP contribution in [-0.2, 0) is 11.3 Å². The van der Waals surface area contributed by atoms with Gasteiger partial charge >= 0.3 is 0 Å². The number of ether oxygens (including phenoxy) is 1. The van der Waals surface area contributed by atoms with Gasteiger partial charge in [-0.15, -0.1) is 16.8 Å². The van der Waals surface area contributed by atoms with E-state index in [-0.39, 0.29) is 17.6 Å². The van der Waals surface area contributed by atoms with Gasteiger partial charge in [0.1, 0.15) is 5.75 Å². The maximum atomic E-state index is 12.6. The second-order valence-corrected chi connectivity index (χ2v) is 8.33. The van der Waals surface area contributed by atoms with Gasteiger partial charge in [-0.25, -0.2) is 0 Å². The highest BCUT2D eigenvalue weighted by Gasteiger charge is 2.21. The number of thioether (sulfide) groups is 1. The molecule has 8 nitrogen and oxygen atoms in total. The molecule has 3 aromatic rings. The largest absolute Gasteiger partial charge is 0.497 e. The van der Waals surface area contributed by atoms with E-state index in [0.717, 1.165) is 0 Å². The number of rotatable bonds is 10. The van der Waals surface area contributed by atoms with Crippen molar-refractivity contribution in [2.75, 3.05) is 18.2 Å². The second-order valence-electron chi connectivity index (χ2n) is 6.98. The Kier molecular flexibility index (Phi) is 8.51. The first kappa shape index (κ1) is 24.3. The molecule has 0 saturated heterocycles. The first-order valence-electron chi connectivity index (χ1n) is 10.1. The zero-order chi connectivity index (χ0) is 23.8. The molecule has 0 aliphatic rings. The van der Waals surface area contributed by atoms with Crippen LogP contribution >= 0.6 is 23.4 Å². The van der Waals surface area contributed by atoms with E-state index >= 15 is 0 Å². The first-order valence-corrected chi connectivity index (χ1v) is 11.5. The highest BCUT2D eigenvalue weighted by Crippen LogP contribution is 2.23. The fraction of sp³-hybridized carbons (Fsp3) is 0.217. The van der Waals surface area contributed by atoms with E-state index in [0.29, 0.717) is 39.5 Å². The predicted molar refractivity (Wildman–Crippen MR) is 130 cm³/mol. The fourth-order valence-corrected chi connectivity index (χ4v) is 3.99. The summed E-state index contributed by atoms with van der Waals surface area (Å²) >= 11 is 7.37. The number of halogens is 1. The number of benzene rings is 2. The lowest BCUT2D eigenvalue weighted by Gasteiger charge is -2.15. The van der Waals surface area contributed by atoms with Crippen molar-refractivity contribution >= 4 is 40.9 Å². The molecule has 0 bridgehead atoms. The number of aromatic nitrogens is 3. The number of carbonyl (C=O) groups excluding carboxylic acids is 2. The van der Waals surface area contributed by atoms with Gasteiger partial charge in [-0.05, 0) is 43.3 Å². The molecule has 0 spiro atoms. The summed E-state index contributed by atoms with van der Waals surface area (Å²) in [5.41, 5.74) is 1.05. The molecule has 1 aromatic heterocycles. The van der Waals surface area contributed by atoms with Crippen LogP contribution < -0.4 is 15.4 Å². The van der Waals surface area contributed by atoms with Crippen molar-refractivity contribution in [3.8, 4) is 5.75 Å². The zero-order valence-electron chi connectivity index (χ0n) is 18.2.